The van der Waals surface area contributed by atoms with Gasteiger partial charge in [-0.2, -0.15) is 0 Å². The van der Waals surface area contributed by atoms with E-state index in [2.05, 4.69) is 12.1 Å². The average molecular weight is 471 g/mol. The van der Waals surface area contributed by atoms with Crippen LogP contribution in [0.25, 0.3) is 0 Å². The quantitative estimate of drug-likeness (QED) is 0.528. The number of carbonyl (C=O) groups excluding carboxylic acids is 2. The lowest BCUT2D eigenvalue weighted by molar-refractivity contribution is -0.128. The van der Waals surface area contributed by atoms with Crippen molar-refractivity contribution in [2.24, 2.45) is 0 Å². The zero-order valence-electron chi connectivity index (χ0n) is 20.2. The Kier molecular flexibility index (Phi) is 6.45. The van der Waals surface area contributed by atoms with Gasteiger partial charge in [0.1, 0.15) is 0 Å². The Morgan fingerprint density at radius 1 is 0.914 bits per heavy atom. The van der Waals surface area contributed by atoms with Crippen LogP contribution in [-0.4, -0.2) is 48.9 Å². The highest BCUT2D eigenvalue weighted by Crippen LogP contribution is 2.41. The first-order valence-corrected chi connectivity index (χ1v) is 12.1. The van der Waals surface area contributed by atoms with Crippen LogP contribution in [0, 0.1) is 0 Å². The van der Waals surface area contributed by atoms with E-state index in [9.17, 15) is 9.59 Å². The molecule has 180 valence electrons. The van der Waals surface area contributed by atoms with E-state index >= 15 is 0 Å². The van der Waals surface area contributed by atoms with Crippen molar-refractivity contribution in [2.75, 3.05) is 27.3 Å². The third-order valence-corrected chi connectivity index (χ3v) is 6.97. The van der Waals surface area contributed by atoms with Gasteiger partial charge in [-0.15, -0.1) is 0 Å². The number of carbonyl (C=O) groups is 2. The predicted molar refractivity (Wildman–Crippen MR) is 134 cm³/mol. The summed E-state index contributed by atoms with van der Waals surface area (Å²) in [5.74, 6) is 1.51. The monoisotopic (exact) mass is 470 g/mol. The van der Waals surface area contributed by atoms with E-state index in [0.717, 1.165) is 41.6 Å². The molecule has 0 N–H and O–H groups in total. The van der Waals surface area contributed by atoms with Crippen molar-refractivity contribution in [3.63, 3.8) is 0 Å². The summed E-state index contributed by atoms with van der Waals surface area (Å²) in [6, 6.07) is 21.6. The number of rotatable bonds is 6. The molecule has 3 aromatic carbocycles. The van der Waals surface area contributed by atoms with Crippen molar-refractivity contribution in [1.82, 2.24) is 9.80 Å². The second-order valence-electron chi connectivity index (χ2n) is 9.09. The molecule has 2 aliphatic heterocycles. The van der Waals surface area contributed by atoms with E-state index in [-0.39, 0.29) is 17.9 Å². The van der Waals surface area contributed by atoms with Gasteiger partial charge in [-0.1, -0.05) is 42.5 Å². The van der Waals surface area contributed by atoms with Gasteiger partial charge in [0.15, 0.2) is 11.5 Å². The minimum Gasteiger partial charge on any atom is -0.493 e. The summed E-state index contributed by atoms with van der Waals surface area (Å²) < 4.78 is 11.1. The maximum atomic E-state index is 13.9. The fourth-order valence-corrected chi connectivity index (χ4v) is 5.22. The van der Waals surface area contributed by atoms with E-state index in [1.807, 2.05) is 64.4 Å². The Balaban J connectivity index is 1.51. The lowest BCUT2D eigenvalue weighted by atomic mass is 9.87. The zero-order valence-corrected chi connectivity index (χ0v) is 20.2. The van der Waals surface area contributed by atoms with Crippen LogP contribution in [-0.2, 0) is 17.8 Å². The largest absolute Gasteiger partial charge is 0.493 e. The van der Waals surface area contributed by atoms with Crippen LogP contribution in [0.15, 0.2) is 66.7 Å². The van der Waals surface area contributed by atoms with Crippen molar-refractivity contribution in [3.05, 3.63) is 94.5 Å². The van der Waals surface area contributed by atoms with Gasteiger partial charge in [0.05, 0.1) is 20.3 Å². The van der Waals surface area contributed by atoms with Gasteiger partial charge < -0.3 is 19.3 Å². The summed E-state index contributed by atoms with van der Waals surface area (Å²) in [5, 5.41) is 0. The minimum absolute atomic E-state index is 0.0195. The minimum atomic E-state index is -0.240. The third-order valence-electron chi connectivity index (χ3n) is 6.97. The second kappa shape index (κ2) is 9.82. The average Bonchev–Trinajstić information content (AvgIpc) is 3.31. The summed E-state index contributed by atoms with van der Waals surface area (Å²) in [4.78, 5) is 29.8. The molecule has 6 heteroatoms. The number of ether oxygens (including phenoxy) is 2. The van der Waals surface area contributed by atoms with E-state index in [0.29, 0.717) is 36.6 Å². The molecule has 1 atom stereocenters. The third kappa shape index (κ3) is 4.48. The number of methoxy groups -OCH3 is 2. The van der Waals surface area contributed by atoms with Gasteiger partial charge in [-0.05, 0) is 59.4 Å². The molecular formula is C29H30N2O4. The molecule has 1 unspecified atom stereocenters. The summed E-state index contributed by atoms with van der Waals surface area (Å²) >= 11 is 0. The molecule has 0 spiro atoms. The highest BCUT2D eigenvalue weighted by molar-refractivity contribution is 5.95. The normalized spacial score (nSPS) is 17.3. The van der Waals surface area contributed by atoms with Gasteiger partial charge in [-0.3, -0.25) is 9.59 Å². The molecule has 0 saturated carbocycles. The van der Waals surface area contributed by atoms with Gasteiger partial charge in [0.25, 0.3) is 5.91 Å². The number of hydrogen-bond acceptors (Lipinski definition) is 4. The van der Waals surface area contributed by atoms with Gasteiger partial charge >= 0.3 is 0 Å². The first-order valence-electron chi connectivity index (χ1n) is 12.1. The number of hydrogen-bond donors (Lipinski definition) is 0. The number of likely N-dealkylation sites (tertiary alicyclic amines) is 1. The topological polar surface area (TPSA) is 59.1 Å². The molecule has 2 heterocycles. The highest BCUT2D eigenvalue weighted by atomic mass is 16.5. The number of benzene rings is 3. The molecule has 2 aliphatic rings. The fourth-order valence-electron chi connectivity index (χ4n) is 5.22. The molecule has 35 heavy (non-hydrogen) atoms. The molecule has 3 aromatic rings. The van der Waals surface area contributed by atoms with Crippen molar-refractivity contribution in [3.8, 4) is 11.5 Å². The van der Waals surface area contributed by atoms with Gasteiger partial charge in [0, 0.05) is 31.6 Å². The maximum absolute atomic E-state index is 13.9. The Morgan fingerprint density at radius 3 is 2.40 bits per heavy atom. The van der Waals surface area contributed by atoms with Crippen molar-refractivity contribution >= 4 is 11.8 Å². The zero-order chi connectivity index (χ0) is 24.4. The maximum Gasteiger partial charge on any atom is 0.254 e. The number of fused-ring (bicyclic) bond motifs is 1. The van der Waals surface area contributed by atoms with Crippen molar-refractivity contribution in [2.45, 2.75) is 31.8 Å². The molecule has 2 amide bonds. The van der Waals surface area contributed by atoms with Crippen LogP contribution < -0.4 is 9.47 Å². The molecule has 0 bridgehead atoms. The smallest absolute Gasteiger partial charge is 0.254 e. The molecule has 0 aliphatic carbocycles. The van der Waals surface area contributed by atoms with Crippen molar-refractivity contribution in [1.29, 1.82) is 0 Å². The SMILES string of the molecule is COc1cc2c(cc1OC)C(c1ccccc1)N(C(=O)c1cccc(CN3CCCC3=O)c1)CC2. The Hall–Kier alpha value is -3.80. The standard InChI is InChI=1S/C29H30N2O4/c1-34-25-17-22-13-15-31(28(21-9-4-3-5-10-21)24(22)18-26(25)35-2)29(33)23-11-6-8-20(16-23)19-30-14-7-12-27(30)32/h3-6,8-11,16-18,28H,7,12-15,19H2,1-2H3. The van der Waals surface area contributed by atoms with Crippen molar-refractivity contribution < 1.29 is 19.1 Å². The number of nitrogens with zero attached hydrogens (tertiary/aromatic N) is 2. The Bertz CT molecular complexity index is 1240. The van der Waals surface area contributed by atoms with Crippen LogP contribution in [0.4, 0.5) is 0 Å². The van der Waals surface area contributed by atoms with E-state index in [4.69, 9.17) is 9.47 Å². The summed E-state index contributed by atoms with van der Waals surface area (Å²) in [6.45, 7) is 1.92. The molecule has 0 radical (unpaired) electrons. The Labute approximate surface area is 206 Å². The molecule has 0 aromatic heterocycles. The second-order valence-corrected chi connectivity index (χ2v) is 9.09. The lowest BCUT2D eigenvalue weighted by Crippen LogP contribution is -2.40. The van der Waals surface area contributed by atoms with E-state index < -0.39 is 0 Å². The number of amides is 2. The first-order chi connectivity index (χ1) is 17.1. The highest BCUT2D eigenvalue weighted by Gasteiger charge is 2.34. The molecule has 1 fully saturated rings. The molecule has 1 saturated heterocycles. The summed E-state index contributed by atoms with van der Waals surface area (Å²) in [5.41, 5.74) is 4.87. The molecule has 5 rings (SSSR count). The van der Waals surface area contributed by atoms with Crippen LogP contribution in [0.5, 0.6) is 11.5 Å². The first kappa shape index (κ1) is 23.0. The van der Waals surface area contributed by atoms with Crippen LogP contribution in [0.3, 0.4) is 0 Å². The van der Waals surface area contributed by atoms with Gasteiger partial charge in [-0.25, -0.2) is 0 Å². The Morgan fingerprint density at radius 2 is 1.69 bits per heavy atom. The summed E-state index contributed by atoms with van der Waals surface area (Å²) in [6.07, 6.45) is 2.24. The molecule has 6 nitrogen and oxygen atoms in total. The van der Waals surface area contributed by atoms with Crippen LogP contribution in [0.1, 0.15) is 51.5 Å². The van der Waals surface area contributed by atoms with Crippen LogP contribution in [0.2, 0.25) is 0 Å². The molecular weight excluding hydrogens is 440 g/mol. The summed E-state index contributed by atoms with van der Waals surface area (Å²) in [7, 11) is 3.27. The van der Waals surface area contributed by atoms with Gasteiger partial charge in [0.2, 0.25) is 5.91 Å². The van der Waals surface area contributed by atoms with E-state index in [1.165, 1.54) is 0 Å². The van der Waals surface area contributed by atoms with E-state index in [1.54, 1.807) is 14.2 Å². The lowest BCUT2D eigenvalue weighted by Gasteiger charge is -2.38. The fraction of sp³-hybridized carbons (Fsp3) is 0.310. The predicted octanol–water partition coefficient (Wildman–Crippen LogP) is 4.61. The van der Waals surface area contributed by atoms with Crippen LogP contribution >= 0.6 is 0 Å².